The van der Waals surface area contributed by atoms with Gasteiger partial charge in [0.25, 0.3) is 0 Å². The molecular weight excluding hydrogens is 158 g/mol. The molecule has 11 heavy (non-hydrogen) atoms. The van der Waals surface area contributed by atoms with Crippen LogP contribution >= 0.6 is 11.8 Å². The number of rotatable bonds is 1. The molecule has 64 valence electrons. The van der Waals surface area contributed by atoms with Crippen LogP contribution in [-0.2, 0) is 0 Å². The van der Waals surface area contributed by atoms with Crippen LogP contribution in [0.25, 0.3) is 0 Å². The Morgan fingerprint density at radius 3 is 2.64 bits per heavy atom. The molecule has 0 spiro atoms. The third kappa shape index (κ3) is 1.42. The van der Waals surface area contributed by atoms with Crippen LogP contribution in [0.5, 0.6) is 0 Å². The second-order valence-corrected chi connectivity index (χ2v) is 4.58. The Hall–Kier alpha value is 0.270. The van der Waals surface area contributed by atoms with Crippen molar-refractivity contribution < 1.29 is 5.11 Å². The third-order valence-electron chi connectivity index (χ3n) is 2.66. The van der Waals surface area contributed by atoms with E-state index >= 15 is 0 Å². The number of aliphatic hydroxyl groups is 1. The van der Waals surface area contributed by atoms with Crippen LogP contribution in [0.4, 0.5) is 0 Å². The fourth-order valence-corrected chi connectivity index (χ4v) is 2.85. The number of piperidine rings is 1. The molecule has 0 aromatic rings. The van der Waals surface area contributed by atoms with Gasteiger partial charge >= 0.3 is 0 Å². The summed E-state index contributed by atoms with van der Waals surface area (Å²) in [6, 6.07) is 0.387. The van der Waals surface area contributed by atoms with Gasteiger partial charge in [-0.25, -0.2) is 0 Å². The zero-order valence-electron chi connectivity index (χ0n) is 6.68. The predicted molar refractivity (Wildman–Crippen MR) is 47.9 cm³/mol. The maximum absolute atomic E-state index is 9.95. The lowest BCUT2D eigenvalue weighted by atomic mass is 9.90. The number of hydrogen-bond donors (Lipinski definition) is 2. The van der Waals surface area contributed by atoms with E-state index in [1.54, 1.807) is 0 Å². The fourth-order valence-electron chi connectivity index (χ4n) is 1.82. The predicted octanol–water partition coefficient (Wildman–Crippen LogP) is 0.606. The summed E-state index contributed by atoms with van der Waals surface area (Å²) >= 11 is 1.85. The highest BCUT2D eigenvalue weighted by molar-refractivity contribution is 8.00. The molecule has 2 N–H and O–H groups in total. The summed E-state index contributed by atoms with van der Waals surface area (Å²) in [5.74, 6) is 1.87. The standard InChI is InChI=1S/C8H15NOS/c10-8(5-11-6-8)7-3-1-2-4-9-7/h7,9-10H,1-6H2. The fraction of sp³-hybridized carbons (Fsp3) is 1.00. The summed E-state index contributed by atoms with van der Waals surface area (Å²) in [5.41, 5.74) is -0.356. The summed E-state index contributed by atoms with van der Waals surface area (Å²) in [6.45, 7) is 1.09. The molecule has 2 aliphatic heterocycles. The lowest BCUT2D eigenvalue weighted by Gasteiger charge is -2.44. The first-order valence-electron chi connectivity index (χ1n) is 4.35. The molecule has 2 heterocycles. The molecular formula is C8H15NOS. The van der Waals surface area contributed by atoms with E-state index in [4.69, 9.17) is 0 Å². The van der Waals surface area contributed by atoms with Gasteiger partial charge in [-0.15, -0.1) is 0 Å². The van der Waals surface area contributed by atoms with Gasteiger partial charge in [-0.3, -0.25) is 0 Å². The van der Waals surface area contributed by atoms with E-state index in [2.05, 4.69) is 5.32 Å². The topological polar surface area (TPSA) is 32.3 Å². The smallest absolute Gasteiger partial charge is 0.0979 e. The third-order valence-corrected chi connectivity index (χ3v) is 4.07. The van der Waals surface area contributed by atoms with Crippen molar-refractivity contribution in [1.82, 2.24) is 5.32 Å². The quantitative estimate of drug-likeness (QED) is 0.609. The molecule has 3 heteroatoms. The molecule has 0 aliphatic carbocycles. The summed E-state index contributed by atoms with van der Waals surface area (Å²) in [5, 5.41) is 13.3. The van der Waals surface area contributed by atoms with E-state index in [1.165, 1.54) is 12.8 Å². The highest BCUT2D eigenvalue weighted by Gasteiger charge is 2.43. The Kier molecular flexibility index (Phi) is 2.12. The first-order valence-corrected chi connectivity index (χ1v) is 5.50. The molecule has 2 nitrogen and oxygen atoms in total. The summed E-state index contributed by atoms with van der Waals surface area (Å²) < 4.78 is 0. The van der Waals surface area contributed by atoms with Crippen molar-refractivity contribution in [2.45, 2.75) is 30.9 Å². The first kappa shape index (κ1) is 7.90. The van der Waals surface area contributed by atoms with E-state index in [1.807, 2.05) is 11.8 Å². The molecule has 2 fully saturated rings. The molecule has 0 amide bonds. The van der Waals surface area contributed by atoms with Gasteiger partial charge in [-0.1, -0.05) is 6.42 Å². The van der Waals surface area contributed by atoms with Gasteiger partial charge in [-0.2, -0.15) is 11.8 Å². The molecule has 2 saturated heterocycles. The second-order valence-electron chi connectivity index (χ2n) is 3.60. The molecule has 2 rings (SSSR count). The van der Waals surface area contributed by atoms with Crippen molar-refractivity contribution in [1.29, 1.82) is 0 Å². The Balaban J connectivity index is 1.91. The molecule has 2 aliphatic rings. The van der Waals surface area contributed by atoms with Gasteiger partial charge < -0.3 is 10.4 Å². The largest absolute Gasteiger partial charge is 0.387 e. The van der Waals surface area contributed by atoms with Gasteiger partial charge in [0.2, 0.25) is 0 Å². The molecule has 1 atom stereocenters. The monoisotopic (exact) mass is 173 g/mol. The van der Waals surface area contributed by atoms with E-state index in [-0.39, 0.29) is 5.60 Å². The van der Waals surface area contributed by atoms with Gasteiger partial charge in [0.1, 0.15) is 0 Å². The summed E-state index contributed by atoms with van der Waals surface area (Å²) in [6.07, 6.45) is 3.72. The van der Waals surface area contributed by atoms with Crippen molar-refractivity contribution in [3.05, 3.63) is 0 Å². The Labute approximate surface area is 71.7 Å². The molecule has 0 saturated carbocycles. The van der Waals surface area contributed by atoms with Crippen molar-refractivity contribution in [3.8, 4) is 0 Å². The Morgan fingerprint density at radius 1 is 1.36 bits per heavy atom. The second kappa shape index (κ2) is 2.96. The van der Waals surface area contributed by atoms with Crippen LogP contribution in [0.15, 0.2) is 0 Å². The van der Waals surface area contributed by atoms with Crippen molar-refractivity contribution in [2.24, 2.45) is 0 Å². The van der Waals surface area contributed by atoms with Gasteiger partial charge in [-0.05, 0) is 19.4 Å². The lowest BCUT2D eigenvalue weighted by Crippen LogP contribution is -2.60. The van der Waals surface area contributed by atoms with E-state index in [0.29, 0.717) is 6.04 Å². The maximum atomic E-state index is 9.95. The minimum atomic E-state index is -0.356. The zero-order chi connectivity index (χ0) is 7.73. The average Bonchev–Trinajstić information content (AvgIpc) is 2.02. The first-order chi connectivity index (χ1) is 5.31. The minimum absolute atomic E-state index is 0.356. The Bertz CT molecular complexity index is 141. The van der Waals surface area contributed by atoms with E-state index in [9.17, 15) is 5.11 Å². The highest BCUT2D eigenvalue weighted by Crippen LogP contribution is 2.34. The van der Waals surface area contributed by atoms with Crippen LogP contribution in [0.3, 0.4) is 0 Å². The molecule has 0 aromatic heterocycles. The SMILES string of the molecule is OC1(C2CCCCN2)CSC1. The zero-order valence-corrected chi connectivity index (χ0v) is 7.49. The molecule has 1 unspecified atom stereocenters. The van der Waals surface area contributed by atoms with Crippen molar-refractivity contribution >= 4 is 11.8 Å². The summed E-state index contributed by atoms with van der Waals surface area (Å²) in [7, 11) is 0. The van der Waals surface area contributed by atoms with E-state index < -0.39 is 0 Å². The normalized spacial score (nSPS) is 36.3. The van der Waals surface area contributed by atoms with Crippen LogP contribution in [0.2, 0.25) is 0 Å². The van der Waals surface area contributed by atoms with Crippen LogP contribution < -0.4 is 5.32 Å². The number of thioether (sulfide) groups is 1. The van der Waals surface area contributed by atoms with Crippen molar-refractivity contribution in [2.75, 3.05) is 18.1 Å². The molecule has 0 aromatic carbocycles. The molecule has 0 bridgehead atoms. The average molecular weight is 173 g/mol. The van der Waals surface area contributed by atoms with Gasteiger partial charge in [0, 0.05) is 17.5 Å². The summed E-state index contributed by atoms with van der Waals surface area (Å²) in [4.78, 5) is 0. The van der Waals surface area contributed by atoms with Crippen LogP contribution in [-0.4, -0.2) is 34.8 Å². The van der Waals surface area contributed by atoms with Crippen LogP contribution in [0, 0.1) is 0 Å². The maximum Gasteiger partial charge on any atom is 0.0979 e. The minimum Gasteiger partial charge on any atom is -0.387 e. The van der Waals surface area contributed by atoms with Gasteiger partial charge in [0.15, 0.2) is 0 Å². The van der Waals surface area contributed by atoms with Crippen LogP contribution in [0.1, 0.15) is 19.3 Å². The Morgan fingerprint density at radius 2 is 2.18 bits per heavy atom. The number of hydrogen-bond acceptors (Lipinski definition) is 3. The number of nitrogens with one attached hydrogen (secondary N) is 1. The molecule has 0 radical (unpaired) electrons. The van der Waals surface area contributed by atoms with E-state index in [0.717, 1.165) is 24.5 Å². The highest BCUT2D eigenvalue weighted by atomic mass is 32.2. The van der Waals surface area contributed by atoms with Gasteiger partial charge in [0.05, 0.1) is 5.60 Å². The van der Waals surface area contributed by atoms with Crippen molar-refractivity contribution in [3.63, 3.8) is 0 Å². The lowest BCUT2D eigenvalue weighted by molar-refractivity contribution is 0.0265.